The van der Waals surface area contributed by atoms with Crippen molar-refractivity contribution in [2.24, 2.45) is 0 Å². The van der Waals surface area contributed by atoms with Crippen LogP contribution in [-0.4, -0.2) is 16.9 Å². The average Bonchev–Trinajstić information content (AvgIpc) is 1.83. The van der Waals surface area contributed by atoms with Crippen LogP contribution in [0.3, 0.4) is 0 Å². The summed E-state index contributed by atoms with van der Waals surface area (Å²) in [6.45, 7) is 2.65. The van der Waals surface area contributed by atoms with Gasteiger partial charge in [-0.25, -0.2) is 0 Å². The molecule has 0 aromatic heterocycles. The van der Waals surface area contributed by atoms with E-state index in [-0.39, 0.29) is 5.91 Å². The fourth-order valence-corrected chi connectivity index (χ4v) is 0.581. The van der Waals surface area contributed by atoms with Gasteiger partial charge in [-0.15, -0.1) is 0 Å². The van der Waals surface area contributed by atoms with Crippen molar-refractivity contribution in [3.8, 4) is 0 Å². The molecule has 0 aliphatic heterocycles. The molecule has 8 heavy (non-hydrogen) atoms. The zero-order valence-electron chi connectivity index (χ0n) is 4.91. The molecule has 0 rings (SSSR count). The van der Waals surface area contributed by atoms with Gasteiger partial charge in [-0.3, -0.25) is 4.79 Å². The third-order valence-electron chi connectivity index (χ3n) is 0.738. The van der Waals surface area contributed by atoms with Crippen molar-refractivity contribution < 1.29 is 4.79 Å². The molecule has 0 aliphatic carbocycles. The van der Waals surface area contributed by atoms with E-state index in [9.17, 15) is 4.79 Å². The lowest BCUT2D eigenvalue weighted by atomic mass is 10.4. The first kappa shape index (κ1) is 8.20. The fourth-order valence-electron chi connectivity index (χ4n) is 0.312. The number of hydrogen-bond acceptors (Lipinski definition) is 1. The Morgan fingerprint density at radius 2 is 2.38 bits per heavy atom. The Labute approximate surface area is 63.2 Å². The monoisotopic (exact) mass is 227 g/mol. The summed E-state index contributed by atoms with van der Waals surface area (Å²) in [5, 5.41) is 2.74. The minimum absolute atomic E-state index is 0.140. The maximum atomic E-state index is 10.5. The molecule has 1 amide bonds. The highest BCUT2D eigenvalue weighted by molar-refractivity contribution is 14.1. The number of halogens is 1. The molecule has 0 bridgehead atoms. The van der Waals surface area contributed by atoms with Crippen LogP contribution in [0.15, 0.2) is 0 Å². The van der Waals surface area contributed by atoms with E-state index in [0.717, 1.165) is 11.0 Å². The van der Waals surface area contributed by atoms with Gasteiger partial charge in [0.25, 0.3) is 0 Å². The summed E-state index contributed by atoms with van der Waals surface area (Å²) in [7, 11) is 0. The van der Waals surface area contributed by atoms with Gasteiger partial charge in [0.05, 0.1) is 0 Å². The van der Waals surface area contributed by atoms with E-state index in [1.165, 1.54) is 0 Å². The van der Waals surface area contributed by atoms with E-state index in [0.29, 0.717) is 6.42 Å². The van der Waals surface area contributed by atoms with Gasteiger partial charge in [-0.05, 0) is 0 Å². The largest absolute Gasteiger partial charge is 0.355 e. The molecule has 0 spiro atoms. The van der Waals surface area contributed by atoms with Crippen LogP contribution in [0.5, 0.6) is 0 Å². The minimum Gasteiger partial charge on any atom is -0.355 e. The Kier molecular flexibility index (Phi) is 5.47. The van der Waals surface area contributed by atoms with Crippen LogP contribution in [0.1, 0.15) is 13.3 Å². The van der Waals surface area contributed by atoms with Gasteiger partial charge in [0, 0.05) is 17.4 Å². The molecule has 0 fully saturated rings. The summed E-state index contributed by atoms with van der Waals surface area (Å²) >= 11 is 2.22. The van der Waals surface area contributed by atoms with Crippen LogP contribution in [0.4, 0.5) is 0 Å². The van der Waals surface area contributed by atoms with Crippen LogP contribution in [-0.2, 0) is 4.79 Å². The highest BCUT2D eigenvalue weighted by Crippen LogP contribution is 1.78. The Morgan fingerprint density at radius 3 is 2.75 bits per heavy atom. The Morgan fingerprint density at radius 1 is 1.75 bits per heavy atom. The number of hydrogen-bond donors (Lipinski definition) is 1. The molecule has 0 aromatic rings. The lowest BCUT2D eigenvalue weighted by Crippen LogP contribution is -2.23. The molecular formula is C5H10INO. The number of amides is 1. The number of carbonyl (C=O) groups is 1. The van der Waals surface area contributed by atoms with E-state index >= 15 is 0 Å². The zero-order chi connectivity index (χ0) is 6.41. The topological polar surface area (TPSA) is 29.1 Å². The van der Waals surface area contributed by atoms with Crippen LogP contribution in [0.2, 0.25) is 0 Å². The quantitative estimate of drug-likeness (QED) is 0.564. The molecule has 0 aliphatic rings. The molecule has 0 heterocycles. The average molecular weight is 227 g/mol. The number of carbonyl (C=O) groups excluding carboxylic acids is 1. The third-order valence-corrected chi connectivity index (χ3v) is 1.28. The highest BCUT2D eigenvalue weighted by atomic mass is 127. The van der Waals surface area contributed by atoms with Crippen molar-refractivity contribution in [2.75, 3.05) is 11.0 Å². The Bertz CT molecular complexity index is 74.8. The molecule has 2 nitrogen and oxygen atoms in total. The normalized spacial score (nSPS) is 8.75. The molecule has 0 atom stereocenters. The van der Waals surface area contributed by atoms with Crippen LogP contribution >= 0.6 is 22.6 Å². The summed E-state index contributed by atoms with van der Waals surface area (Å²) in [5.74, 6) is 0.140. The zero-order valence-corrected chi connectivity index (χ0v) is 7.07. The van der Waals surface area contributed by atoms with E-state index in [2.05, 4.69) is 27.9 Å². The molecule has 0 saturated heterocycles. The van der Waals surface area contributed by atoms with Gasteiger partial charge in [-0.1, -0.05) is 29.5 Å². The van der Waals surface area contributed by atoms with Gasteiger partial charge in [0.2, 0.25) is 5.91 Å². The standard InChI is InChI=1S/C5H10INO/c1-2-5(8)7-4-3-6/h2-4H2,1H3,(H,7,8). The van der Waals surface area contributed by atoms with Crippen molar-refractivity contribution >= 4 is 28.5 Å². The highest BCUT2D eigenvalue weighted by Gasteiger charge is 1.91. The summed E-state index contributed by atoms with van der Waals surface area (Å²) in [4.78, 5) is 10.5. The number of alkyl halides is 1. The van der Waals surface area contributed by atoms with Gasteiger partial charge in [-0.2, -0.15) is 0 Å². The fraction of sp³-hybridized carbons (Fsp3) is 0.800. The molecule has 48 valence electrons. The van der Waals surface area contributed by atoms with Gasteiger partial charge in [0.15, 0.2) is 0 Å². The van der Waals surface area contributed by atoms with Gasteiger partial charge >= 0.3 is 0 Å². The first-order valence-corrected chi connectivity index (χ1v) is 4.16. The second-order valence-electron chi connectivity index (χ2n) is 1.39. The Hall–Kier alpha value is 0.200. The van der Waals surface area contributed by atoms with Crippen molar-refractivity contribution in [2.45, 2.75) is 13.3 Å². The second-order valence-corrected chi connectivity index (χ2v) is 2.47. The van der Waals surface area contributed by atoms with E-state index in [4.69, 9.17) is 0 Å². The summed E-state index contributed by atoms with van der Waals surface area (Å²) in [6, 6.07) is 0. The first-order chi connectivity index (χ1) is 3.81. The van der Waals surface area contributed by atoms with Crippen LogP contribution in [0, 0.1) is 0 Å². The van der Waals surface area contributed by atoms with Crippen LogP contribution in [0.25, 0.3) is 0 Å². The second kappa shape index (κ2) is 5.34. The molecule has 0 unspecified atom stereocenters. The molecule has 0 aromatic carbocycles. The lowest BCUT2D eigenvalue weighted by Gasteiger charge is -1.96. The molecular weight excluding hydrogens is 217 g/mol. The predicted octanol–water partition coefficient (Wildman–Crippen LogP) is 0.948. The molecule has 0 radical (unpaired) electrons. The number of rotatable bonds is 3. The van der Waals surface area contributed by atoms with E-state index in [1.807, 2.05) is 6.92 Å². The lowest BCUT2D eigenvalue weighted by molar-refractivity contribution is -0.120. The predicted molar refractivity (Wildman–Crippen MR) is 42.2 cm³/mol. The van der Waals surface area contributed by atoms with Crippen molar-refractivity contribution in [1.82, 2.24) is 5.32 Å². The molecule has 1 N–H and O–H groups in total. The van der Waals surface area contributed by atoms with Gasteiger partial charge < -0.3 is 5.32 Å². The SMILES string of the molecule is CCC(=O)NCCI. The minimum atomic E-state index is 0.140. The van der Waals surface area contributed by atoms with Crippen molar-refractivity contribution in [3.63, 3.8) is 0 Å². The molecule has 0 saturated carbocycles. The first-order valence-electron chi connectivity index (χ1n) is 2.64. The summed E-state index contributed by atoms with van der Waals surface area (Å²) in [6.07, 6.45) is 0.594. The summed E-state index contributed by atoms with van der Waals surface area (Å²) in [5.41, 5.74) is 0. The van der Waals surface area contributed by atoms with E-state index in [1.54, 1.807) is 0 Å². The summed E-state index contributed by atoms with van der Waals surface area (Å²) < 4.78 is 0.990. The smallest absolute Gasteiger partial charge is 0.219 e. The van der Waals surface area contributed by atoms with Crippen molar-refractivity contribution in [3.05, 3.63) is 0 Å². The molecule has 3 heteroatoms. The maximum absolute atomic E-state index is 10.5. The maximum Gasteiger partial charge on any atom is 0.219 e. The number of nitrogens with one attached hydrogen (secondary N) is 1. The van der Waals surface area contributed by atoms with Crippen LogP contribution < -0.4 is 5.32 Å². The van der Waals surface area contributed by atoms with Crippen molar-refractivity contribution in [1.29, 1.82) is 0 Å². The van der Waals surface area contributed by atoms with Gasteiger partial charge in [0.1, 0.15) is 0 Å². The Balaban J connectivity index is 2.99. The third kappa shape index (κ3) is 4.36. The van der Waals surface area contributed by atoms with E-state index < -0.39 is 0 Å².